The molecule has 2 unspecified atom stereocenters. The zero-order valence-electron chi connectivity index (χ0n) is 11.7. The quantitative estimate of drug-likeness (QED) is 0.867. The first kappa shape index (κ1) is 13.6. The molecule has 4 heteroatoms. The summed E-state index contributed by atoms with van der Waals surface area (Å²) in [6.07, 6.45) is 5.60. The molecule has 2 rings (SSSR count). The molecule has 1 aromatic heterocycles. The largest absolute Gasteiger partial charge is 0.330 e. The Morgan fingerprint density at radius 2 is 2.28 bits per heavy atom. The monoisotopic (exact) mass is 250 g/mol. The molecule has 0 aromatic carbocycles. The van der Waals surface area contributed by atoms with E-state index in [9.17, 15) is 0 Å². The number of hydrogen-bond donors (Lipinski definition) is 1. The van der Waals surface area contributed by atoms with Gasteiger partial charge in [-0.25, -0.2) is 0 Å². The average Bonchev–Trinajstić information content (AvgIpc) is 2.80. The Morgan fingerprint density at radius 3 is 3.00 bits per heavy atom. The molecule has 0 amide bonds. The third kappa shape index (κ3) is 3.12. The van der Waals surface area contributed by atoms with E-state index in [-0.39, 0.29) is 0 Å². The lowest BCUT2D eigenvalue weighted by atomic mass is 9.93. The highest BCUT2D eigenvalue weighted by Crippen LogP contribution is 2.22. The Bertz CT molecular complexity index is 360. The summed E-state index contributed by atoms with van der Waals surface area (Å²) in [6.45, 7) is 8.50. The summed E-state index contributed by atoms with van der Waals surface area (Å²) < 4.78 is 2.14. The van der Waals surface area contributed by atoms with Crippen LogP contribution in [-0.4, -0.2) is 33.8 Å². The molecule has 1 aliphatic rings. The summed E-state index contributed by atoms with van der Waals surface area (Å²) in [7, 11) is 0. The average molecular weight is 250 g/mol. The van der Waals surface area contributed by atoms with Crippen LogP contribution in [0, 0.1) is 5.92 Å². The van der Waals surface area contributed by atoms with Gasteiger partial charge in [-0.3, -0.25) is 9.58 Å². The van der Waals surface area contributed by atoms with Gasteiger partial charge >= 0.3 is 0 Å². The highest BCUT2D eigenvalue weighted by Gasteiger charge is 2.25. The minimum atomic E-state index is 0.665. The van der Waals surface area contributed by atoms with Gasteiger partial charge in [0.25, 0.3) is 0 Å². The van der Waals surface area contributed by atoms with Gasteiger partial charge in [-0.1, -0.05) is 6.92 Å². The van der Waals surface area contributed by atoms with Gasteiger partial charge in [-0.2, -0.15) is 5.10 Å². The van der Waals surface area contributed by atoms with E-state index in [2.05, 4.69) is 34.6 Å². The van der Waals surface area contributed by atoms with Crippen LogP contribution in [0.2, 0.25) is 0 Å². The smallest absolute Gasteiger partial charge is 0.0524 e. The number of rotatable bonds is 5. The molecule has 1 aromatic rings. The van der Waals surface area contributed by atoms with Gasteiger partial charge in [0.05, 0.1) is 5.69 Å². The Hall–Kier alpha value is -0.870. The molecule has 0 aliphatic carbocycles. The van der Waals surface area contributed by atoms with Crippen LogP contribution < -0.4 is 5.73 Å². The topological polar surface area (TPSA) is 47.1 Å². The van der Waals surface area contributed by atoms with Crippen LogP contribution in [-0.2, 0) is 13.1 Å². The molecule has 1 saturated heterocycles. The van der Waals surface area contributed by atoms with E-state index in [4.69, 9.17) is 5.73 Å². The predicted octanol–water partition coefficient (Wildman–Crippen LogP) is 1.85. The molecule has 2 N–H and O–H groups in total. The van der Waals surface area contributed by atoms with Crippen LogP contribution >= 0.6 is 0 Å². The molecule has 2 atom stereocenters. The molecule has 0 bridgehead atoms. The van der Waals surface area contributed by atoms with Gasteiger partial charge < -0.3 is 5.73 Å². The summed E-state index contributed by atoms with van der Waals surface area (Å²) >= 11 is 0. The van der Waals surface area contributed by atoms with Gasteiger partial charge in [0.15, 0.2) is 0 Å². The van der Waals surface area contributed by atoms with Crippen LogP contribution in [0.3, 0.4) is 0 Å². The number of aromatic nitrogens is 2. The summed E-state index contributed by atoms with van der Waals surface area (Å²) in [4.78, 5) is 2.56. The molecule has 2 heterocycles. The molecule has 0 spiro atoms. The van der Waals surface area contributed by atoms with Crippen molar-refractivity contribution in [3.8, 4) is 0 Å². The van der Waals surface area contributed by atoms with Crippen LogP contribution in [0.1, 0.15) is 38.8 Å². The van der Waals surface area contributed by atoms with Gasteiger partial charge in [0.2, 0.25) is 0 Å². The van der Waals surface area contributed by atoms with E-state index in [1.807, 2.05) is 6.20 Å². The lowest BCUT2D eigenvalue weighted by Crippen LogP contribution is -2.43. The second-order valence-electron chi connectivity index (χ2n) is 5.50. The second kappa shape index (κ2) is 6.34. The fourth-order valence-electron chi connectivity index (χ4n) is 2.79. The van der Waals surface area contributed by atoms with Gasteiger partial charge in [-0.15, -0.1) is 0 Å². The summed E-state index contributed by atoms with van der Waals surface area (Å²) in [6, 6.07) is 2.81. The van der Waals surface area contributed by atoms with Crippen molar-refractivity contribution in [1.29, 1.82) is 0 Å². The van der Waals surface area contributed by atoms with Crippen molar-refractivity contribution in [2.24, 2.45) is 11.7 Å². The van der Waals surface area contributed by atoms with Gasteiger partial charge in [0.1, 0.15) is 0 Å². The van der Waals surface area contributed by atoms with Crippen LogP contribution in [0.5, 0.6) is 0 Å². The molecule has 18 heavy (non-hydrogen) atoms. The van der Waals surface area contributed by atoms with Crippen molar-refractivity contribution in [2.75, 3.05) is 13.1 Å². The summed E-state index contributed by atoms with van der Waals surface area (Å²) in [5.74, 6) is 0.670. The van der Waals surface area contributed by atoms with Crippen molar-refractivity contribution >= 4 is 0 Å². The fourth-order valence-corrected chi connectivity index (χ4v) is 2.79. The molecule has 102 valence electrons. The maximum Gasteiger partial charge on any atom is 0.0524 e. The van der Waals surface area contributed by atoms with E-state index in [1.54, 1.807) is 0 Å². The first-order valence-corrected chi connectivity index (χ1v) is 7.19. The first-order chi connectivity index (χ1) is 8.74. The Balaban J connectivity index is 2.00. The van der Waals surface area contributed by atoms with E-state index in [1.165, 1.54) is 18.5 Å². The third-order valence-corrected chi connectivity index (χ3v) is 4.05. The minimum Gasteiger partial charge on any atom is -0.330 e. The number of hydrogen-bond acceptors (Lipinski definition) is 3. The lowest BCUT2D eigenvalue weighted by molar-refractivity contribution is 0.110. The highest BCUT2D eigenvalue weighted by atomic mass is 15.3. The summed E-state index contributed by atoms with van der Waals surface area (Å²) in [5.41, 5.74) is 7.15. The molecule has 4 nitrogen and oxygen atoms in total. The zero-order valence-corrected chi connectivity index (χ0v) is 11.7. The van der Waals surface area contributed by atoms with Crippen LogP contribution in [0.15, 0.2) is 12.3 Å². The summed E-state index contributed by atoms with van der Waals surface area (Å²) in [5, 5.41) is 4.40. The van der Waals surface area contributed by atoms with Gasteiger partial charge in [0, 0.05) is 31.9 Å². The maximum absolute atomic E-state index is 5.82. The molecule has 0 radical (unpaired) electrons. The van der Waals surface area contributed by atoms with E-state index >= 15 is 0 Å². The predicted molar refractivity (Wildman–Crippen MR) is 74.2 cm³/mol. The van der Waals surface area contributed by atoms with E-state index in [0.717, 1.165) is 32.6 Å². The number of likely N-dealkylation sites (tertiary alicyclic amines) is 1. The lowest BCUT2D eigenvalue weighted by Gasteiger charge is -2.37. The van der Waals surface area contributed by atoms with E-state index < -0.39 is 0 Å². The Kier molecular flexibility index (Phi) is 4.78. The number of nitrogens with two attached hydrogens (primary N) is 1. The maximum atomic E-state index is 5.82. The number of aryl methyl sites for hydroxylation is 1. The second-order valence-corrected chi connectivity index (χ2v) is 5.50. The molecular formula is C14H26N4. The molecule has 0 saturated carbocycles. The third-order valence-electron chi connectivity index (χ3n) is 4.05. The Morgan fingerprint density at radius 1 is 1.44 bits per heavy atom. The minimum absolute atomic E-state index is 0.665. The van der Waals surface area contributed by atoms with Crippen molar-refractivity contribution in [1.82, 2.24) is 14.7 Å². The van der Waals surface area contributed by atoms with Crippen LogP contribution in [0.25, 0.3) is 0 Å². The van der Waals surface area contributed by atoms with Gasteiger partial charge in [-0.05, 0) is 44.7 Å². The number of nitrogens with zero attached hydrogens (tertiary/aromatic N) is 3. The molecule has 1 fully saturated rings. The van der Waals surface area contributed by atoms with Crippen molar-refractivity contribution < 1.29 is 0 Å². The Labute approximate surface area is 110 Å². The fraction of sp³-hybridized carbons (Fsp3) is 0.786. The van der Waals surface area contributed by atoms with Crippen molar-refractivity contribution in [3.05, 3.63) is 18.0 Å². The standard InChI is InChI=1S/C14H26N4/c1-3-8-18-14(6-7-16-18)11-17-10-13(9-15)5-4-12(17)2/h6-7,12-13H,3-5,8-11,15H2,1-2H3. The first-order valence-electron chi connectivity index (χ1n) is 7.19. The van der Waals surface area contributed by atoms with Crippen molar-refractivity contribution in [2.45, 2.75) is 52.2 Å². The van der Waals surface area contributed by atoms with Crippen LogP contribution in [0.4, 0.5) is 0 Å². The highest BCUT2D eigenvalue weighted by molar-refractivity contribution is 5.01. The normalized spacial score (nSPS) is 25.5. The zero-order chi connectivity index (χ0) is 13.0. The SMILES string of the molecule is CCCn1nccc1CN1CC(CN)CCC1C. The van der Waals surface area contributed by atoms with E-state index in [0.29, 0.717) is 12.0 Å². The molecular weight excluding hydrogens is 224 g/mol. The van der Waals surface area contributed by atoms with Crippen molar-refractivity contribution in [3.63, 3.8) is 0 Å². The number of piperidine rings is 1. The molecule has 1 aliphatic heterocycles.